The molecular formula is C30H38N4O8S. The lowest BCUT2D eigenvalue weighted by molar-refractivity contribution is -0.170. The summed E-state index contributed by atoms with van der Waals surface area (Å²) < 4.78 is 9.96. The van der Waals surface area contributed by atoms with Crippen LogP contribution in [0.5, 0.6) is 5.75 Å². The minimum absolute atomic E-state index is 0.912. The van der Waals surface area contributed by atoms with Crippen LogP contribution in [-0.2, 0) is 41.1 Å². The number of carbonyl (C=O) groups is 3. The molecule has 0 saturated heterocycles. The molecule has 13 heteroatoms. The first-order valence-electron chi connectivity index (χ1n) is 13.6. The number of carboxylic acid groups (broad SMARTS) is 3. The van der Waals surface area contributed by atoms with Crippen molar-refractivity contribution in [1.29, 1.82) is 0 Å². The van der Waals surface area contributed by atoms with Crippen molar-refractivity contribution in [3.05, 3.63) is 70.1 Å². The highest BCUT2D eigenvalue weighted by Gasteiger charge is 2.40. The fraction of sp³-hybridized carbons (Fsp3) is 0.400. The topological polar surface area (TPSA) is 167 Å². The van der Waals surface area contributed by atoms with E-state index in [1.807, 2.05) is 36.1 Å². The molecule has 0 aliphatic heterocycles. The van der Waals surface area contributed by atoms with Gasteiger partial charge in [0.1, 0.15) is 5.75 Å². The van der Waals surface area contributed by atoms with Crippen molar-refractivity contribution in [2.45, 2.75) is 58.3 Å². The van der Waals surface area contributed by atoms with Crippen LogP contribution in [0.3, 0.4) is 0 Å². The Morgan fingerprint density at radius 2 is 1.74 bits per heavy atom. The molecule has 0 fully saturated rings. The average molecular weight is 615 g/mol. The maximum atomic E-state index is 10.3. The lowest BCUT2D eigenvalue weighted by atomic mass is 9.96. The summed E-state index contributed by atoms with van der Waals surface area (Å²) in [6, 6.07) is 10.9. The molecule has 0 unspecified atom stereocenters. The summed E-state index contributed by atoms with van der Waals surface area (Å²) in [5.41, 5.74) is 1.23. The number of thiophene rings is 1. The van der Waals surface area contributed by atoms with Crippen molar-refractivity contribution in [2.75, 3.05) is 13.7 Å². The molecule has 43 heavy (non-hydrogen) atoms. The first-order chi connectivity index (χ1) is 20.3. The van der Waals surface area contributed by atoms with Crippen LogP contribution in [0.25, 0.3) is 10.9 Å². The van der Waals surface area contributed by atoms with Crippen LogP contribution in [0.15, 0.2) is 49.1 Å². The van der Waals surface area contributed by atoms with Crippen LogP contribution in [0.4, 0.5) is 0 Å². The molecular weight excluding hydrogens is 576 g/mol. The van der Waals surface area contributed by atoms with Crippen molar-refractivity contribution < 1.29 is 39.5 Å². The summed E-state index contributed by atoms with van der Waals surface area (Å²) in [4.78, 5) is 40.0. The van der Waals surface area contributed by atoms with Crippen LogP contribution in [0.2, 0.25) is 0 Å². The van der Waals surface area contributed by atoms with Crippen LogP contribution in [-0.4, -0.2) is 76.6 Å². The third-order valence-corrected chi connectivity index (χ3v) is 8.11. The van der Waals surface area contributed by atoms with Gasteiger partial charge < -0.3 is 34.3 Å². The molecule has 0 aliphatic carbocycles. The highest BCUT2D eigenvalue weighted by molar-refractivity contribution is 7.11. The minimum atomic E-state index is -2.74. The third-order valence-electron chi connectivity index (χ3n) is 7.12. The van der Waals surface area contributed by atoms with Gasteiger partial charge in [0.25, 0.3) is 0 Å². The number of aliphatic hydroxyl groups is 1. The van der Waals surface area contributed by atoms with E-state index in [0.717, 1.165) is 38.3 Å². The maximum absolute atomic E-state index is 10.3. The van der Waals surface area contributed by atoms with Crippen LogP contribution < -0.4 is 4.74 Å². The molecule has 0 saturated carbocycles. The van der Waals surface area contributed by atoms with Crippen molar-refractivity contribution >= 4 is 40.1 Å². The zero-order chi connectivity index (χ0) is 31.7. The number of benzene rings is 1. The Morgan fingerprint density at radius 3 is 2.28 bits per heavy atom. The van der Waals surface area contributed by atoms with Gasteiger partial charge in [0.05, 0.1) is 26.3 Å². The second kappa shape index (κ2) is 14.8. The van der Waals surface area contributed by atoms with E-state index < -0.39 is 36.4 Å². The summed E-state index contributed by atoms with van der Waals surface area (Å²) in [5, 5.41) is 35.1. The van der Waals surface area contributed by atoms with Gasteiger partial charge in [-0.15, -0.1) is 11.3 Å². The maximum Gasteiger partial charge on any atom is 0.336 e. The lowest BCUT2D eigenvalue weighted by Gasteiger charge is -2.22. The predicted molar refractivity (Wildman–Crippen MR) is 161 cm³/mol. The fourth-order valence-corrected chi connectivity index (χ4v) is 5.72. The van der Waals surface area contributed by atoms with E-state index >= 15 is 0 Å². The second-order valence-corrected chi connectivity index (χ2v) is 11.7. The number of imidazole rings is 1. The van der Waals surface area contributed by atoms with Gasteiger partial charge in [0.15, 0.2) is 5.60 Å². The Hall–Kier alpha value is -4.20. The number of ether oxygens (including phenoxy) is 1. The highest BCUT2D eigenvalue weighted by Crippen LogP contribution is 2.30. The zero-order valence-electron chi connectivity index (χ0n) is 24.7. The molecule has 4 rings (SSSR count). The van der Waals surface area contributed by atoms with E-state index in [0.29, 0.717) is 0 Å². The number of hydrogen-bond donors (Lipinski definition) is 4. The quantitative estimate of drug-likeness (QED) is 0.164. The standard InChI is InChI=1S/C24H30N4OS.C6H8O7/c1-18-6-8-21(30-18)15-28(12-5-11-27-13-10-25-17-27)16-23-19(2)26(3)24-9-7-20(29-4)14-22(23)24;7-3(8)1-6(13,5(11)12)2-4(9)10/h6-10,13-14,17H,5,11-12,15-16H2,1-4H3;13H,1-2H2,(H,7,8)(H,9,10)(H,11,12). The van der Waals surface area contributed by atoms with Crippen LogP contribution >= 0.6 is 11.3 Å². The molecule has 4 N–H and O–H groups in total. The number of aryl methyl sites for hydroxylation is 3. The summed E-state index contributed by atoms with van der Waals surface area (Å²) >= 11 is 1.89. The van der Waals surface area contributed by atoms with Gasteiger partial charge in [-0.2, -0.15) is 0 Å². The molecule has 4 aromatic rings. The van der Waals surface area contributed by atoms with Crippen molar-refractivity contribution in [1.82, 2.24) is 19.0 Å². The summed E-state index contributed by atoms with van der Waals surface area (Å²) in [6.07, 6.45) is 4.58. The van der Waals surface area contributed by atoms with Crippen molar-refractivity contribution in [2.24, 2.45) is 7.05 Å². The Balaban J connectivity index is 0.000000331. The summed E-state index contributed by atoms with van der Waals surface area (Å²) in [6.45, 7) is 8.33. The van der Waals surface area contributed by atoms with E-state index in [2.05, 4.69) is 64.2 Å². The van der Waals surface area contributed by atoms with Gasteiger partial charge in [-0.05, 0) is 56.2 Å². The summed E-state index contributed by atoms with van der Waals surface area (Å²) in [5.74, 6) is -4.11. The Bertz CT molecular complexity index is 1530. The smallest absolute Gasteiger partial charge is 0.336 e. The predicted octanol–water partition coefficient (Wildman–Crippen LogP) is 3.91. The number of aliphatic carboxylic acids is 3. The van der Waals surface area contributed by atoms with Gasteiger partial charge in [0, 0.05) is 72.0 Å². The Kier molecular flexibility index (Phi) is 11.5. The largest absolute Gasteiger partial charge is 0.497 e. The van der Waals surface area contributed by atoms with E-state index in [1.165, 1.54) is 31.9 Å². The lowest BCUT2D eigenvalue weighted by Crippen LogP contribution is -2.42. The minimum Gasteiger partial charge on any atom is -0.497 e. The molecule has 0 aliphatic rings. The Labute approximate surface area is 253 Å². The number of carboxylic acids is 3. The number of fused-ring (bicyclic) bond motifs is 1. The van der Waals surface area contributed by atoms with E-state index in [1.54, 1.807) is 7.11 Å². The van der Waals surface area contributed by atoms with Gasteiger partial charge >= 0.3 is 17.9 Å². The molecule has 0 bridgehead atoms. The molecule has 0 atom stereocenters. The third kappa shape index (κ3) is 9.14. The van der Waals surface area contributed by atoms with Gasteiger partial charge in [-0.3, -0.25) is 14.5 Å². The van der Waals surface area contributed by atoms with E-state index in [4.69, 9.17) is 25.2 Å². The molecule has 232 valence electrons. The first kappa shape index (κ1) is 33.3. The molecule has 0 spiro atoms. The van der Waals surface area contributed by atoms with E-state index in [9.17, 15) is 14.4 Å². The SMILES string of the molecule is COc1ccc2c(c1)c(CN(CCCn1ccnc1)Cc1ccc(C)s1)c(C)n2C.O=C(O)CC(O)(CC(=O)O)C(=O)O. The first-order valence-corrected chi connectivity index (χ1v) is 14.4. The number of hydrogen-bond acceptors (Lipinski definition) is 8. The van der Waals surface area contributed by atoms with Gasteiger partial charge in [-0.1, -0.05) is 0 Å². The number of aromatic nitrogens is 3. The van der Waals surface area contributed by atoms with Crippen LogP contribution in [0, 0.1) is 13.8 Å². The molecule has 0 radical (unpaired) electrons. The molecule has 3 heterocycles. The van der Waals surface area contributed by atoms with Crippen molar-refractivity contribution in [3.8, 4) is 5.75 Å². The second-order valence-electron chi connectivity index (χ2n) is 10.4. The van der Waals surface area contributed by atoms with Crippen LogP contribution in [0.1, 0.15) is 40.3 Å². The molecule has 1 aromatic carbocycles. The fourth-order valence-electron chi connectivity index (χ4n) is 4.79. The number of methoxy groups -OCH3 is 1. The number of nitrogens with zero attached hydrogens (tertiary/aromatic N) is 4. The molecule has 12 nitrogen and oxygen atoms in total. The highest BCUT2D eigenvalue weighted by atomic mass is 32.1. The monoisotopic (exact) mass is 614 g/mol. The van der Waals surface area contributed by atoms with E-state index in [-0.39, 0.29) is 0 Å². The average Bonchev–Trinajstić information content (AvgIpc) is 3.65. The summed E-state index contributed by atoms with van der Waals surface area (Å²) in [7, 11) is 3.89. The van der Waals surface area contributed by atoms with Crippen molar-refractivity contribution in [3.63, 3.8) is 0 Å². The normalized spacial score (nSPS) is 11.4. The van der Waals surface area contributed by atoms with Gasteiger partial charge in [0.2, 0.25) is 0 Å². The Morgan fingerprint density at radius 1 is 1.05 bits per heavy atom. The van der Waals surface area contributed by atoms with Gasteiger partial charge in [-0.25, -0.2) is 9.78 Å². The number of rotatable bonds is 14. The zero-order valence-corrected chi connectivity index (χ0v) is 25.5. The molecule has 3 aromatic heterocycles. The molecule has 0 amide bonds.